The first-order valence-corrected chi connectivity index (χ1v) is 7.42. The van der Waals surface area contributed by atoms with Crippen LogP contribution in [0.1, 0.15) is 43.7 Å². The summed E-state index contributed by atoms with van der Waals surface area (Å²) in [6.07, 6.45) is 1.18. The van der Waals surface area contributed by atoms with Gasteiger partial charge < -0.3 is 4.74 Å². The molecule has 0 aromatic heterocycles. The van der Waals surface area contributed by atoms with Crippen LogP contribution in [-0.2, 0) is 20.9 Å². The fraction of sp³-hybridized carbons (Fsp3) is 0.529. The van der Waals surface area contributed by atoms with Crippen molar-refractivity contribution in [2.45, 2.75) is 39.2 Å². The molecule has 2 atom stereocenters. The van der Waals surface area contributed by atoms with Crippen LogP contribution < -0.4 is 5.32 Å². The normalized spacial score (nSPS) is 22.5. The van der Waals surface area contributed by atoms with Crippen molar-refractivity contribution in [3.05, 3.63) is 35.4 Å². The minimum atomic E-state index is -0.175. The zero-order chi connectivity index (χ0) is 15.4. The van der Waals surface area contributed by atoms with Crippen LogP contribution in [0.25, 0.3) is 0 Å². The molecular formula is C17H23NO3. The van der Waals surface area contributed by atoms with Gasteiger partial charge in [-0.2, -0.15) is 0 Å². The highest BCUT2D eigenvalue weighted by Gasteiger charge is 2.36. The molecule has 1 saturated heterocycles. The highest BCUT2D eigenvalue weighted by Crippen LogP contribution is 2.35. The minimum absolute atomic E-state index is 0.0229. The Bertz CT molecular complexity index is 507. The number of piperidine rings is 1. The van der Waals surface area contributed by atoms with Crippen molar-refractivity contribution < 1.29 is 14.3 Å². The second-order valence-electron chi connectivity index (χ2n) is 6.13. The maximum Gasteiger partial charge on any atom is 0.230 e. The second kappa shape index (κ2) is 6.85. The lowest BCUT2D eigenvalue weighted by molar-refractivity contribution is -0.137. The van der Waals surface area contributed by atoms with Gasteiger partial charge >= 0.3 is 0 Å². The third kappa shape index (κ3) is 3.91. The van der Waals surface area contributed by atoms with E-state index in [4.69, 9.17) is 4.74 Å². The third-order valence-electron chi connectivity index (χ3n) is 3.93. The maximum absolute atomic E-state index is 12.1. The van der Waals surface area contributed by atoms with E-state index in [1.165, 1.54) is 0 Å². The van der Waals surface area contributed by atoms with Crippen LogP contribution in [-0.4, -0.2) is 18.9 Å². The van der Waals surface area contributed by atoms with Gasteiger partial charge in [-0.1, -0.05) is 38.1 Å². The molecular weight excluding hydrogens is 266 g/mol. The second-order valence-corrected chi connectivity index (χ2v) is 6.13. The number of carbonyl (C=O) groups is 2. The average Bonchev–Trinajstić information content (AvgIpc) is 2.42. The van der Waals surface area contributed by atoms with Crippen LogP contribution in [0.2, 0.25) is 0 Å². The topological polar surface area (TPSA) is 55.4 Å². The molecule has 2 amide bonds. The fourth-order valence-corrected chi connectivity index (χ4v) is 2.96. The molecule has 0 spiro atoms. The van der Waals surface area contributed by atoms with E-state index in [-0.39, 0.29) is 23.7 Å². The third-order valence-corrected chi connectivity index (χ3v) is 3.93. The minimum Gasteiger partial charge on any atom is -0.380 e. The number of hydrogen-bond acceptors (Lipinski definition) is 3. The summed E-state index contributed by atoms with van der Waals surface area (Å²) in [6.45, 7) is 4.77. The predicted octanol–water partition coefficient (Wildman–Crippen LogP) is 2.63. The SMILES string of the molecule is COCc1ccc(C2CC(=O)NC(=O)C2CC(C)C)cc1. The van der Waals surface area contributed by atoms with Gasteiger partial charge in [0, 0.05) is 25.4 Å². The van der Waals surface area contributed by atoms with E-state index in [1.807, 2.05) is 24.3 Å². The molecule has 114 valence electrons. The molecule has 1 heterocycles. The number of hydrogen-bond donors (Lipinski definition) is 1. The van der Waals surface area contributed by atoms with Crippen LogP contribution in [0.5, 0.6) is 0 Å². The fourth-order valence-electron chi connectivity index (χ4n) is 2.96. The Morgan fingerprint density at radius 1 is 1.24 bits per heavy atom. The van der Waals surface area contributed by atoms with Crippen molar-refractivity contribution >= 4 is 11.8 Å². The van der Waals surface area contributed by atoms with Crippen LogP contribution in [0.15, 0.2) is 24.3 Å². The van der Waals surface area contributed by atoms with Crippen molar-refractivity contribution in [3.63, 3.8) is 0 Å². The van der Waals surface area contributed by atoms with Gasteiger partial charge in [-0.05, 0) is 23.5 Å². The van der Waals surface area contributed by atoms with E-state index in [9.17, 15) is 9.59 Å². The molecule has 4 nitrogen and oxygen atoms in total. The van der Waals surface area contributed by atoms with Gasteiger partial charge in [0.05, 0.1) is 6.61 Å². The Morgan fingerprint density at radius 3 is 2.48 bits per heavy atom. The smallest absolute Gasteiger partial charge is 0.230 e. The van der Waals surface area contributed by atoms with E-state index in [1.54, 1.807) is 7.11 Å². The number of benzene rings is 1. The molecule has 1 aromatic rings. The lowest BCUT2D eigenvalue weighted by Gasteiger charge is -2.31. The van der Waals surface area contributed by atoms with Crippen molar-refractivity contribution in [1.29, 1.82) is 0 Å². The standard InChI is InChI=1S/C17H23NO3/c1-11(2)8-15-14(9-16(19)18-17(15)20)13-6-4-12(5-7-13)10-21-3/h4-7,11,14-15H,8-10H2,1-3H3,(H,18,19,20). The number of nitrogens with one attached hydrogen (secondary N) is 1. The summed E-state index contributed by atoms with van der Waals surface area (Å²) in [6, 6.07) is 8.03. The summed E-state index contributed by atoms with van der Waals surface area (Å²) in [5.41, 5.74) is 2.15. The Kier molecular flexibility index (Phi) is 5.12. The van der Waals surface area contributed by atoms with E-state index in [0.717, 1.165) is 17.5 Å². The lowest BCUT2D eigenvalue weighted by atomic mass is 9.76. The molecule has 2 unspecified atom stereocenters. The Hall–Kier alpha value is -1.68. The number of imide groups is 1. The lowest BCUT2D eigenvalue weighted by Crippen LogP contribution is -2.45. The summed E-state index contributed by atoms with van der Waals surface area (Å²) in [7, 11) is 1.66. The Labute approximate surface area is 125 Å². The largest absolute Gasteiger partial charge is 0.380 e. The molecule has 0 bridgehead atoms. The number of ether oxygens (including phenoxy) is 1. The summed E-state index contributed by atoms with van der Waals surface area (Å²) >= 11 is 0. The van der Waals surface area contributed by atoms with E-state index < -0.39 is 0 Å². The molecule has 0 aliphatic carbocycles. The number of amides is 2. The van der Waals surface area contributed by atoms with Crippen molar-refractivity contribution in [2.75, 3.05) is 7.11 Å². The van der Waals surface area contributed by atoms with Crippen LogP contribution in [0, 0.1) is 11.8 Å². The number of methoxy groups -OCH3 is 1. The number of rotatable bonds is 5. The average molecular weight is 289 g/mol. The first-order valence-electron chi connectivity index (χ1n) is 7.42. The van der Waals surface area contributed by atoms with Crippen molar-refractivity contribution in [1.82, 2.24) is 5.32 Å². The summed E-state index contributed by atoms with van der Waals surface area (Å²) in [5.74, 6) is -0.0395. The number of carbonyl (C=O) groups excluding carboxylic acids is 2. The predicted molar refractivity (Wildman–Crippen MR) is 80.6 cm³/mol. The zero-order valence-electron chi connectivity index (χ0n) is 12.9. The van der Waals surface area contributed by atoms with Gasteiger partial charge in [-0.25, -0.2) is 0 Å². The first-order chi connectivity index (χ1) is 10.0. The van der Waals surface area contributed by atoms with Crippen LogP contribution in [0.3, 0.4) is 0 Å². The molecule has 21 heavy (non-hydrogen) atoms. The van der Waals surface area contributed by atoms with E-state index in [2.05, 4.69) is 19.2 Å². The van der Waals surface area contributed by atoms with Crippen molar-refractivity contribution in [2.24, 2.45) is 11.8 Å². The molecule has 1 fully saturated rings. The summed E-state index contributed by atoms with van der Waals surface area (Å²) in [4.78, 5) is 23.8. The Morgan fingerprint density at radius 2 is 1.90 bits per heavy atom. The van der Waals surface area contributed by atoms with Crippen molar-refractivity contribution in [3.8, 4) is 0 Å². The summed E-state index contributed by atoms with van der Waals surface area (Å²) in [5, 5.41) is 2.47. The van der Waals surface area contributed by atoms with E-state index in [0.29, 0.717) is 18.9 Å². The molecule has 1 N–H and O–H groups in total. The maximum atomic E-state index is 12.1. The molecule has 1 aromatic carbocycles. The van der Waals surface area contributed by atoms with Gasteiger partial charge in [0.2, 0.25) is 11.8 Å². The van der Waals surface area contributed by atoms with Gasteiger partial charge in [0.15, 0.2) is 0 Å². The highest BCUT2D eigenvalue weighted by molar-refractivity contribution is 5.99. The van der Waals surface area contributed by atoms with Crippen LogP contribution >= 0.6 is 0 Å². The highest BCUT2D eigenvalue weighted by atomic mass is 16.5. The van der Waals surface area contributed by atoms with Gasteiger partial charge in [-0.15, -0.1) is 0 Å². The molecule has 4 heteroatoms. The molecule has 2 rings (SSSR count). The zero-order valence-corrected chi connectivity index (χ0v) is 12.9. The summed E-state index contributed by atoms with van der Waals surface area (Å²) < 4.78 is 5.10. The van der Waals surface area contributed by atoms with Gasteiger partial charge in [0.1, 0.15) is 0 Å². The molecule has 0 saturated carbocycles. The van der Waals surface area contributed by atoms with E-state index >= 15 is 0 Å². The molecule has 1 aliphatic heterocycles. The first kappa shape index (κ1) is 15.7. The monoisotopic (exact) mass is 289 g/mol. The Balaban J connectivity index is 2.23. The van der Waals surface area contributed by atoms with Crippen LogP contribution in [0.4, 0.5) is 0 Å². The quantitative estimate of drug-likeness (QED) is 0.848. The molecule has 1 aliphatic rings. The van der Waals surface area contributed by atoms with Gasteiger partial charge in [-0.3, -0.25) is 14.9 Å². The molecule has 0 radical (unpaired) electrons. The van der Waals surface area contributed by atoms with Gasteiger partial charge in [0.25, 0.3) is 0 Å².